The number of fused-ring (bicyclic) bond motifs is 2. The lowest BCUT2D eigenvalue weighted by Crippen LogP contribution is -2.27. The summed E-state index contributed by atoms with van der Waals surface area (Å²) in [7, 11) is 3.51. The van der Waals surface area contributed by atoms with Crippen molar-refractivity contribution in [2.24, 2.45) is 0 Å². The van der Waals surface area contributed by atoms with Crippen molar-refractivity contribution in [3.8, 4) is 5.75 Å². The second-order valence-electron chi connectivity index (χ2n) is 6.62. The van der Waals surface area contributed by atoms with Crippen molar-refractivity contribution in [1.82, 2.24) is 14.3 Å². The first kappa shape index (κ1) is 18.4. The van der Waals surface area contributed by atoms with E-state index in [1.54, 1.807) is 12.0 Å². The van der Waals surface area contributed by atoms with Gasteiger partial charge in [0.05, 0.1) is 24.6 Å². The van der Waals surface area contributed by atoms with Crippen molar-refractivity contribution in [3.63, 3.8) is 0 Å². The lowest BCUT2D eigenvalue weighted by atomic mass is 10.1. The van der Waals surface area contributed by atoms with Crippen LogP contribution in [0.4, 0.5) is 0 Å². The molecule has 6 heteroatoms. The molecule has 1 amide bonds. The fourth-order valence-corrected chi connectivity index (χ4v) is 4.03. The van der Waals surface area contributed by atoms with Crippen LogP contribution < -0.4 is 4.74 Å². The third-order valence-electron chi connectivity index (χ3n) is 4.69. The third-order valence-corrected chi connectivity index (χ3v) is 5.64. The van der Waals surface area contributed by atoms with Crippen molar-refractivity contribution in [3.05, 3.63) is 72.6 Å². The van der Waals surface area contributed by atoms with Gasteiger partial charge in [-0.25, -0.2) is 4.98 Å². The van der Waals surface area contributed by atoms with E-state index >= 15 is 0 Å². The Bertz CT molecular complexity index is 1140. The Labute approximate surface area is 167 Å². The van der Waals surface area contributed by atoms with E-state index in [0.717, 1.165) is 32.8 Å². The summed E-state index contributed by atoms with van der Waals surface area (Å²) in [5, 5.41) is 3.09. The van der Waals surface area contributed by atoms with Gasteiger partial charge in [0, 0.05) is 19.8 Å². The summed E-state index contributed by atoms with van der Waals surface area (Å²) in [6.45, 7) is 0.573. The molecule has 0 bridgehead atoms. The normalized spacial score (nSPS) is 11.1. The van der Waals surface area contributed by atoms with E-state index in [9.17, 15) is 4.79 Å². The quantitative estimate of drug-likeness (QED) is 0.461. The molecule has 0 spiro atoms. The van der Waals surface area contributed by atoms with Crippen LogP contribution in [0.3, 0.4) is 0 Å². The van der Waals surface area contributed by atoms with Crippen molar-refractivity contribution >= 4 is 34.0 Å². The maximum Gasteiger partial charge on any atom is 0.233 e. The summed E-state index contributed by atoms with van der Waals surface area (Å²) >= 11 is 1.46. The first-order valence-electron chi connectivity index (χ1n) is 8.99. The van der Waals surface area contributed by atoms with E-state index in [0.29, 0.717) is 12.3 Å². The fraction of sp³-hybridized carbons (Fsp3) is 0.182. The number of amides is 1. The molecule has 2 heterocycles. The molecule has 0 unspecified atom stereocenters. The van der Waals surface area contributed by atoms with Gasteiger partial charge in [0.15, 0.2) is 5.16 Å². The standard InChI is InChI=1S/C22H21N3O2S/c1-24(14-16-6-7-18-12-20(27-2)9-8-17(18)11-16)21(26)15-28-22-23-13-19-5-3-4-10-25(19)22/h3-13H,14-15H2,1-2H3. The number of rotatable bonds is 6. The molecule has 0 fully saturated rings. The first-order valence-corrected chi connectivity index (χ1v) is 9.98. The predicted octanol–water partition coefficient (Wildman–Crippen LogP) is 4.25. The van der Waals surface area contributed by atoms with Crippen LogP contribution in [0.2, 0.25) is 0 Å². The lowest BCUT2D eigenvalue weighted by Gasteiger charge is -2.17. The highest BCUT2D eigenvalue weighted by Gasteiger charge is 2.12. The minimum absolute atomic E-state index is 0.0764. The molecule has 4 rings (SSSR count). The van der Waals surface area contributed by atoms with Crippen LogP contribution in [0.1, 0.15) is 5.56 Å². The molecule has 0 N–H and O–H groups in total. The zero-order valence-corrected chi connectivity index (χ0v) is 16.6. The van der Waals surface area contributed by atoms with Crippen LogP contribution in [0.5, 0.6) is 5.75 Å². The minimum Gasteiger partial charge on any atom is -0.497 e. The van der Waals surface area contributed by atoms with E-state index in [1.807, 2.05) is 60.2 Å². The number of imidazole rings is 1. The number of thioether (sulfide) groups is 1. The second kappa shape index (κ2) is 7.94. The largest absolute Gasteiger partial charge is 0.497 e. The third kappa shape index (κ3) is 3.82. The zero-order valence-electron chi connectivity index (χ0n) is 15.8. The van der Waals surface area contributed by atoms with Gasteiger partial charge < -0.3 is 9.64 Å². The van der Waals surface area contributed by atoms with Crippen molar-refractivity contribution in [2.45, 2.75) is 11.7 Å². The van der Waals surface area contributed by atoms with Crippen LogP contribution >= 0.6 is 11.8 Å². The second-order valence-corrected chi connectivity index (χ2v) is 7.56. The molecular weight excluding hydrogens is 370 g/mol. The Hall–Kier alpha value is -2.99. The molecule has 5 nitrogen and oxygen atoms in total. The van der Waals surface area contributed by atoms with Gasteiger partial charge in [0.2, 0.25) is 5.91 Å². The number of carbonyl (C=O) groups excluding carboxylic acids is 1. The molecule has 0 atom stereocenters. The van der Waals surface area contributed by atoms with Gasteiger partial charge in [0.25, 0.3) is 0 Å². The van der Waals surface area contributed by atoms with Crippen LogP contribution in [0, 0.1) is 0 Å². The monoisotopic (exact) mass is 391 g/mol. The maximum absolute atomic E-state index is 12.6. The Morgan fingerprint density at radius 2 is 1.96 bits per heavy atom. The maximum atomic E-state index is 12.6. The molecule has 0 aliphatic carbocycles. The van der Waals surface area contributed by atoms with Crippen LogP contribution in [-0.4, -0.2) is 40.1 Å². The van der Waals surface area contributed by atoms with Crippen LogP contribution in [0.25, 0.3) is 16.3 Å². The number of nitrogens with zero attached hydrogens (tertiary/aromatic N) is 3. The number of benzene rings is 2. The van der Waals surface area contributed by atoms with E-state index in [2.05, 4.69) is 23.2 Å². The summed E-state index contributed by atoms with van der Waals surface area (Å²) in [6.07, 6.45) is 3.78. The molecule has 0 aliphatic rings. The lowest BCUT2D eigenvalue weighted by molar-refractivity contribution is -0.127. The smallest absolute Gasteiger partial charge is 0.233 e. The Kier molecular flexibility index (Phi) is 5.21. The van der Waals surface area contributed by atoms with Crippen LogP contribution in [0.15, 0.2) is 72.1 Å². The summed E-state index contributed by atoms with van der Waals surface area (Å²) in [5.74, 6) is 1.28. The Balaban J connectivity index is 1.40. The zero-order chi connectivity index (χ0) is 19.5. The SMILES string of the molecule is COc1ccc2cc(CN(C)C(=O)CSc3ncc4ccccn34)ccc2c1. The summed E-state index contributed by atoms with van der Waals surface area (Å²) in [4.78, 5) is 18.7. The number of ether oxygens (including phenoxy) is 1. The first-order chi connectivity index (χ1) is 13.6. The average Bonchev–Trinajstić information content (AvgIpc) is 3.14. The van der Waals surface area contributed by atoms with Gasteiger partial charge in [0.1, 0.15) is 5.75 Å². The average molecular weight is 391 g/mol. The van der Waals surface area contributed by atoms with Gasteiger partial charge in [-0.05, 0) is 46.7 Å². The topological polar surface area (TPSA) is 46.8 Å². The van der Waals surface area contributed by atoms with Gasteiger partial charge in [-0.2, -0.15) is 0 Å². The number of aromatic nitrogens is 2. The molecular formula is C22H21N3O2S. The molecule has 0 radical (unpaired) electrons. The molecule has 0 saturated heterocycles. The number of methoxy groups -OCH3 is 1. The van der Waals surface area contributed by atoms with Crippen LogP contribution in [-0.2, 0) is 11.3 Å². The van der Waals surface area contributed by atoms with E-state index in [4.69, 9.17) is 4.74 Å². The highest BCUT2D eigenvalue weighted by Crippen LogP contribution is 2.23. The number of hydrogen-bond acceptors (Lipinski definition) is 4. The highest BCUT2D eigenvalue weighted by atomic mass is 32.2. The molecule has 0 saturated carbocycles. The summed E-state index contributed by atoms with van der Waals surface area (Å²) < 4.78 is 7.27. The predicted molar refractivity (Wildman–Crippen MR) is 113 cm³/mol. The highest BCUT2D eigenvalue weighted by molar-refractivity contribution is 7.99. The number of pyridine rings is 1. The molecule has 28 heavy (non-hydrogen) atoms. The van der Waals surface area contributed by atoms with E-state index in [-0.39, 0.29) is 5.91 Å². The minimum atomic E-state index is 0.0764. The molecule has 2 aromatic carbocycles. The van der Waals surface area contributed by atoms with Crippen molar-refractivity contribution in [2.75, 3.05) is 19.9 Å². The summed E-state index contributed by atoms with van der Waals surface area (Å²) in [6, 6.07) is 18.2. The molecule has 0 aliphatic heterocycles. The molecule has 142 valence electrons. The Morgan fingerprint density at radius 3 is 2.82 bits per heavy atom. The van der Waals surface area contributed by atoms with Gasteiger partial charge in [-0.3, -0.25) is 9.20 Å². The molecule has 4 aromatic rings. The number of hydrogen-bond donors (Lipinski definition) is 0. The van der Waals surface area contributed by atoms with Gasteiger partial charge >= 0.3 is 0 Å². The van der Waals surface area contributed by atoms with E-state index in [1.165, 1.54) is 11.8 Å². The fourth-order valence-electron chi connectivity index (χ4n) is 3.12. The van der Waals surface area contributed by atoms with Gasteiger partial charge in [-0.1, -0.05) is 36.0 Å². The van der Waals surface area contributed by atoms with Crippen molar-refractivity contribution in [1.29, 1.82) is 0 Å². The van der Waals surface area contributed by atoms with E-state index < -0.39 is 0 Å². The summed E-state index contributed by atoms with van der Waals surface area (Å²) in [5.41, 5.74) is 2.13. The van der Waals surface area contributed by atoms with Crippen molar-refractivity contribution < 1.29 is 9.53 Å². The molecule has 2 aromatic heterocycles. The number of carbonyl (C=O) groups is 1. The Morgan fingerprint density at radius 1 is 1.14 bits per heavy atom. The van der Waals surface area contributed by atoms with Gasteiger partial charge in [-0.15, -0.1) is 0 Å².